The van der Waals surface area contributed by atoms with Gasteiger partial charge in [-0.3, -0.25) is 0 Å². The standard InChI is InChI=1S/C17H19ClN2/c1-12-7-8-15(10-16(12)18)20-11-14-5-2-4-13-6-3-9-19-17(13)14/h2,4-5,7-8,10,19-20H,3,6,9,11H2,1H3. The Kier molecular flexibility index (Phi) is 3.83. The van der Waals surface area contributed by atoms with Crippen molar-refractivity contribution in [2.75, 3.05) is 17.2 Å². The SMILES string of the molecule is Cc1ccc(NCc2cccc3c2NCCC3)cc1Cl. The molecule has 0 aromatic heterocycles. The van der Waals surface area contributed by atoms with Crippen LogP contribution in [-0.4, -0.2) is 6.54 Å². The van der Waals surface area contributed by atoms with Crippen LogP contribution in [0.3, 0.4) is 0 Å². The third-order valence-electron chi connectivity index (χ3n) is 3.82. The zero-order valence-electron chi connectivity index (χ0n) is 11.7. The van der Waals surface area contributed by atoms with E-state index in [-0.39, 0.29) is 0 Å². The van der Waals surface area contributed by atoms with Gasteiger partial charge < -0.3 is 10.6 Å². The lowest BCUT2D eigenvalue weighted by Gasteiger charge is -2.21. The number of anilines is 2. The van der Waals surface area contributed by atoms with Crippen LogP contribution in [0.15, 0.2) is 36.4 Å². The molecule has 104 valence electrons. The largest absolute Gasteiger partial charge is 0.385 e. The van der Waals surface area contributed by atoms with Gasteiger partial charge in [0.15, 0.2) is 0 Å². The first-order valence-electron chi connectivity index (χ1n) is 7.09. The lowest BCUT2D eigenvalue weighted by atomic mass is 9.99. The van der Waals surface area contributed by atoms with Crippen LogP contribution < -0.4 is 10.6 Å². The van der Waals surface area contributed by atoms with E-state index in [4.69, 9.17) is 11.6 Å². The molecule has 0 atom stereocenters. The predicted octanol–water partition coefficient (Wildman–Crippen LogP) is 4.62. The van der Waals surface area contributed by atoms with Gasteiger partial charge in [-0.05, 0) is 48.6 Å². The summed E-state index contributed by atoms with van der Waals surface area (Å²) in [5, 5.41) is 7.79. The minimum atomic E-state index is 0.809. The van der Waals surface area contributed by atoms with Gasteiger partial charge in [0, 0.05) is 29.5 Å². The van der Waals surface area contributed by atoms with E-state index in [0.717, 1.165) is 29.4 Å². The molecule has 0 spiro atoms. The minimum Gasteiger partial charge on any atom is -0.385 e. The van der Waals surface area contributed by atoms with Gasteiger partial charge in [-0.15, -0.1) is 0 Å². The second-order valence-corrected chi connectivity index (χ2v) is 5.71. The lowest BCUT2D eigenvalue weighted by Crippen LogP contribution is -2.14. The van der Waals surface area contributed by atoms with Crippen molar-refractivity contribution in [3.8, 4) is 0 Å². The number of fused-ring (bicyclic) bond motifs is 1. The molecule has 0 amide bonds. The van der Waals surface area contributed by atoms with E-state index < -0.39 is 0 Å². The molecular weight excluding hydrogens is 268 g/mol. The molecule has 3 heteroatoms. The smallest absolute Gasteiger partial charge is 0.0455 e. The first-order valence-corrected chi connectivity index (χ1v) is 7.46. The second kappa shape index (κ2) is 5.76. The monoisotopic (exact) mass is 286 g/mol. The second-order valence-electron chi connectivity index (χ2n) is 5.30. The van der Waals surface area contributed by atoms with Gasteiger partial charge in [-0.2, -0.15) is 0 Å². The number of benzene rings is 2. The Bertz CT molecular complexity index is 622. The van der Waals surface area contributed by atoms with Crippen LogP contribution in [-0.2, 0) is 13.0 Å². The van der Waals surface area contributed by atoms with Crippen molar-refractivity contribution in [3.05, 3.63) is 58.1 Å². The first-order chi connectivity index (χ1) is 9.74. The van der Waals surface area contributed by atoms with Gasteiger partial charge in [0.1, 0.15) is 0 Å². The maximum absolute atomic E-state index is 6.16. The summed E-state index contributed by atoms with van der Waals surface area (Å²) in [5.74, 6) is 0. The summed E-state index contributed by atoms with van der Waals surface area (Å²) in [5.41, 5.74) is 6.23. The summed E-state index contributed by atoms with van der Waals surface area (Å²) in [6.45, 7) is 3.90. The van der Waals surface area contributed by atoms with Crippen LogP contribution in [0.1, 0.15) is 23.1 Å². The molecule has 2 aromatic carbocycles. The summed E-state index contributed by atoms with van der Waals surface area (Å²) in [6, 6.07) is 12.6. The number of rotatable bonds is 3. The molecule has 0 saturated heterocycles. The van der Waals surface area contributed by atoms with E-state index >= 15 is 0 Å². The lowest BCUT2D eigenvalue weighted by molar-refractivity contribution is 0.825. The molecule has 1 aliphatic rings. The fraction of sp³-hybridized carbons (Fsp3) is 0.294. The fourth-order valence-corrected chi connectivity index (χ4v) is 2.81. The Balaban J connectivity index is 1.76. The van der Waals surface area contributed by atoms with Crippen molar-refractivity contribution in [1.82, 2.24) is 0 Å². The number of halogens is 1. The van der Waals surface area contributed by atoms with Crippen LogP contribution >= 0.6 is 11.6 Å². The fourth-order valence-electron chi connectivity index (χ4n) is 2.63. The molecule has 0 saturated carbocycles. The highest BCUT2D eigenvalue weighted by atomic mass is 35.5. The Morgan fingerprint density at radius 1 is 1.25 bits per heavy atom. The topological polar surface area (TPSA) is 24.1 Å². The third-order valence-corrected chi connectivity index (χ3v) is 4.22. The van der Waals surface area contributed by atoms with Gasteiger partial charge in [0.05, 0.1) is 0 Å². The number of hydrogen-bond donors (Lipinski definition) is 2. The average molecular weight is 287 g/mol. The Morgan fingerprint density at radius 3 is 3.00 bits per heavy atom. The van der Waals surface area contributed by atoms with Crippen LogP contribution in [0.5, 0.6) is 0 Å². The average Bonchev–Trinajstić information content (AvgIpc) is 2.48. The van der Waals surface area contributed by atoms with Crippen LogP contribution in [0.2, 0.25) is 5.02 Å². The molecule has 20 heavy (non-hydrogen) atoms. The first kappa shape index (κ1) is 13.3. The van der Waals surface area contributed by atoms with Crippen molar-refractivity contribution < 1.29 is 0 Å². The van der Waals surface area contributed by atoms with Crippen molar-refractivity contribution in [2.45, 2.75) is 26.3 Å². The zero-order chi connectivity index (χ0) is 13.9. The summed E-state index contributed by atoms with van der Waals surface area (Å²) in [6.07, 6.45) is 2.39. The Hall–Kier alpha value is -1.67. The van der Waals surface area contributed by atoms with Crippen LogP contribution in [0.4, 0.5) is 11.4 Å². The quantitative estimate of drug-likeness (QED) is 0.860. The molecule has 0 aliphatic carbocycles. The normalized spacial score (nSPS) is 13.5. The Labute approximate surface area is 125 Å². The molecule has 2 aromatic rings. The maximum Gasteiger partial charge on any atom is 0.0455 e. The summed E-state index contributed by atoms with van der Waals surface area (Å²) in [4.78, 5) is 0. The van der Waals surface area contributed by atoms with Gasteiger partial charge in [0.25, 0.3) is 0 Å². The predicted molar refractivity (Wildman–Crippen MR) is 86.8 cm³/mol. The van der Waals surface area contributed by atoms with E-state index in [9.17, 15) is 0 Å². The number of para-hydroxylation sites is 1. The third kappa shape index (κ3) is 2.75. The molecule has 0 fully saturated rings. The van der Waals surface area contributed by atoms with Gasteiger partial charge >= 0.3 is 0 Å². The van der Waals surface area contributed by atoms with Crippen molar-refractivity contribution in [1.29, 1.82) is 0 Å². The van der Waals surface area contributed by atoms with E-state index in [2.05, 4.69) is 34.9 Å². The van der Waals surface area contributed by atoms with Crippen LogP contribution in [0, 0.1) is 6.92 Å². The molecule has 1 heterocycles. The highest BCUT2D eigenvalue weighted by Gasteiger charge is 2.11. The Morgan fingerprint density at radius 2 is 2.15 bits per heavy atom. The molecule has 0 radical (unpaired) electrons. The number of aryl methyl sites for hydroxylation is 2. The van der Waals surface area contributed by atoms with Crippen LogP contribution in [0.25, 0.3) is 0 Å². The molecule has 3 rings (SSSR count). The molecule has 0 unspecified atom stereocenters. The van der Waals surface area contributed by atoms with Crippen molar-refractivity contribution in [3.63, 3.8) is 0 Å². The highest BCUT2D eigenvalue weighted by molar-refractivity contribution is 6.31. The van der Waals surface area contributed by atoms with E-state index in [0.29, 0.717) is 0 Å². The number of hydrogen-bond acceptors (Lipinski definition) is 2. The molecule has 2 N–H and O–H groups in total. The highest BCUT2D eigenvalue weighted by Crippen LogP contribution is 2.27. The number of nitrogens with one attached hydrogen (secondary N) is 2. The summed E-state index contributed by atoms with van der Waals surface area (Å²) in [7, 11) is 0. The minimum absolute atomic E-state index is 0.809. The molecular formula is C17H19ClN2. The van der Waals surface area contributed by atoms with Crippen molar-refractivity contribution in [2.24, 2.45) is 0 Å². The molecule has 0 bridgehead atoms. The van der Waals surface area contributed by atoms with E-state index in [1.807, 2.05) is 19.1 Å². The van der Waals surface area contributed by atoms with Gasteiger partial charge in [0.2, 0.25) is 0 Å². The molecule has 1 aliphatic heterocycles. The van der Waals surface area contributed by atoms with Crippen molar-refractivity contribution >= 4 is 23.0 Å². The van der Waals surface area contributed by atoms with E-state index in [1.54, 1.807) is 0 Å². The molecule has 2 nitrogen and oxygen atoms in total. The maximum atomic E-state index is 6.16. The summed E-state index contributed by atoms with van der Waals surface area (Å²) >= 11 is 6.16. The zero-order valence-corrected chi connectivity index (χ0v) is 12.4. The van der Waals surface area contributed by atoms with Gasteiger partial charge in [-0.1, -0.05) is 35.9 Å². The van der Waals surface area contributed by atoms with E-state index in [1.165, 1.54) is 29.7 Å². The van der Waals surface area contributed by atoms with Gasteiger partial charge in [-0.25, -0.2) is 0 Å². The summed E-state index contributed by atoms with van der Waals surface area (Å²) < 4.78 is 0.